The van der Waals surface area contributed by atoms with E-state index in [4.69, 9.17) is 20.9 Å². The van der Waals surface area contributed by atoms with E-state index in [9.17, 15) is 9.59 Å². The smallest absolute Gasteiger partial charge is 0.323 e. The normalized spacial score (nSPS) is 16.1. The summed E-state index contributed by atoms with van der Waals surface area (Å²) >= 11 is 0. The van der Waals surface area contributed by atoms with Gasteiger partial charge in [-0.3, -0.25) is 9.59 Å². The minimum Gasteiger partial charge on any atom is -0.497 e. The summed E-state index contributed by atoms with van der Waals surface area (Å²) in [6, 6.07) is 16.3. The van der Waals surface area contributed by atoms with Gasteiger partial charge >= 0.3 is 5.97 Å². The van der Waals surface area contributed by atoms with Gasteiger partial charge in [0.1, 0.15) is 17.9 Å². The molecule has 8 nitrogen and oxygen atoms in total. The Morgan fingerprint density at radius 2 is 1.72 bits per heavy atom. The molecule has 1 aliphatic heterocycles. The molecule has 0 saturated carbocycles. The summed E-state index contributed by atoms with van der Waals surface area (Å²) in [6.45, 7) is 2.51. The number of nitrogens with one attached hydrogen (secondary N) is 1. The molecule has 1 heterocycles. The molecule has 1 saturated heterocycles. The van der Waals surface area contributed by atoms with E-state index in [0.717, 1.165) is 49.2 Å². The first-order valence-electron chi connectivity index (χ1n) is 12.8. The summed E-state index contributed by atoms with van der Waals surface area (Å²) in [6.07, 6.45) is 3.70. The first kappa shape index (κ1) is 27.6. The summed E-state index contributed by atoms with van der Waals surface area (Å²) in [5.41, 5.74) is 14.7. The molecule has 0 spiro atoms. The van der Waals surface area contributed by atoms with Crippen molar-refractivity contribution < 1.29 is 19.1 Å². The van der Waals surface area contributed by atoms with Crippen molar-refractivity contribution in [2.24, 2.45) is 11.5 Å². The number of methoxy groups -OCH3 is 1. The molecule has 5 N–H and O–H groups in total. The van der Waals surface area contributed by atoms with Gasteiger partial charge in [0, 0.05) is 38.6 Å². The average Bonchev–Trinajstić information content (AvgIpc) is 2.92. The lowest BCUT2D eigenvalue weighted by Gasteiger charge is -2.28. The lowest BCUT2D eigenvalue weighted by atomic mass is 10.0. The Kier molecular flexibility index (Phi) is 11.2. The number of benzene rings is 2. The molecule has 0 unspecified atom stereocenters. The number of hydrogen-bond acceptors (Lipinski definition) is 7. The Hall–Kier alpha value is -2.94. The molecule has 1 aliphatic rings. The largest absolute Gasteiger partial charge is 0.497 e. The van der Waals surface area contributed by atoms with Crippen molar-refractivity contribution in [3.8, 4) is 5.75 Å². The van der Waals surface area contributed by atoms with Crippen LogP contribution in [0, 0.1) is 0 Å². The van der Waals surface area contributed by atoms with E-state index in [0.29, 0.717) is 19.5 Å². The molecule has 1 amide bonds. The second-order valence-corrected chi connectivity index (χ2v) is 9.40. The van der Waals surface area contributed by atoms with Crippen LogP contribution in [0.25, 0.3) is 0 Å². The van der Waals surface area contributed by atoms with Gasteiger partial charge in [0.15, 0.2) is 0 Å². The molecule has 36 heavy (non-hydrogen) atoms. The lowest BCUT2D eigenvalue weighted by Crippen LogP contribution is -2.48. The topological polar surface area (TPSA) is 120 Å². The molecule has 2 aromatic rings. The van der Waals surface area contributed by atoms with Crippen LogP contribution in [0.5, 0.6) is 5.75 Å². The van der Waals surface area contributed by atoms with Crippen molar-refractivity contribution in [2.45, 2.75) is 63.3 Å². The fourth-order valence-corrected chi connectivity index (χ4v) is 4.37. The second kappa shape index (κ2) is 14.6. The number of hydrogen-bond donors (Lipinski definition) is 3. The number of carbonyl (C=O) groups is 2. The molecule has 0 aromatic heterocycles. The Balaban J connectivity index is 1.55. The highest BCUT2D eigenvalue weighted by Gasteiger charge is 2.26. The second-order valence-electron chi connectivity index (χ2n) is 9.40. The number of nitrogens with two attached hydrogens (primary N) is 2. The zero-order valence-electron chi connectivity index (χ0n) is 21.2. The molecular formula is C28H40N4O4. The maximum absolute atomic E-state index is 12.8. The van der Waals surface area contributed by atoms with Crippen molar-refractivity contribution in [3.63, 3.8) is 0 Å². The molecule has 3 atom stereocenters. The molecule has 2 aromatic carbocycles. The van der Waals surface area contributed by atoms with Crippen molar-refractivity contribution in [2.75, 3.05) is 26.7 Å². The highest BCUT2D eigenvalue weighted by molar-refractivity contribution is 5.79. The zero-order valence-corrected chi connectivity index (χ0v) is 21.2. The Labute approximate surface area is 214 Å². The van der Waals surface area contributed by atoms with Crippen LogP contribution < -0.4 is 21.5 Å². The maximum atomic E-state index is 12.8. The average molecular weight is 497 g/mol. The summed E-state index contributed by atoms with van der Waals surface area (Å²) in [7, 11) is 1.63. The maximum Gasteiger partial charge on any atom is 0.323 e. The standard InChI is InChI=1S/C28H40N4O4/c1-35-23-12-8-11-22(17-23)19-31-20-26(25(30)18-21-9-4-2-5-10-21)36-28(34)24(29)13-14-27(33)32-15-6-3-7-16-32/h2,4-5,8-12,17,24-26,31H,3,6-7,13-16,18-20,29-30H2,1H3/t24-,25-,26+/m0/s1. The van der Waals surface area contributed by atoms with Crippen LogP contribution in [0.3, 0.4) is 0 Å². The number of nitrogens with zero attached hydrogens (tertiary/aromatic N) is 1. The number of carbonyl (C=O) groups excluding carboxylic acids is 2. The number of piperidine rings is 1. The molecule has 1 fully saturated rings. The fraction of sp³-hybridized carbons (Fsp3) is 0.500. The first-order chi connectivity index (χ1) is 17.5. The number of likely N-dealkylation sites (tertiary alicyclic amines) is 1. The SMILES string of the molecule is COc1cccc(CNC[C@@H](OC(=O)[C@@H](N)CCC(=O)N2CCCCC2)[C@@H](N)Cc2ccccc2)c1. The summed E-state index contributed by atoms with van der Waals surface area (Å²) in [4.78, 5) is 27.2. The van der Waals surface area contributed by atoms with Gasteiger partial charge in [0.25, 0.3) is 0 Å². The van der Waals surface area contributed by atoms with E-state index in [-0.39, 0.29) is 18.7 Å². The van der Waals surface area contributed by atoms with Crippen LogP contribution in [0.2, 0.25) is 0 Å². The summed E-state index contributed by atoms with van der Waals surface area (Å²) in [5.74, 6) is 0.302. The lowest BCUT2D eigenvalue weighted by molar-refractivity contribution is -0.151. The summed E-state index contributed by atoms with van der Waals surface area (Å²) < 4.78 is 11.1. The third kappa shape index (κ3) is 8.93. The first-order valence-corrected chi connectivity index (χ1v) is 12.8. The van der Waals surface area contributed by atoms with E-state index < -0.39 is 24.2 Å². The predicted molar refractivity (Wildman–Crippen MR) is 140 cm³/mol. The monoisotopic (exact) mass is 496 g/mol. The Bertz CT molecular complexity index is 950. The van der Waals surface area contributed by atoms with Crippen molar-refractivity contribution >= 4 is 11.9 Å². The quantitative estimate of drug-likeness (QED) is 0.364. The van der Waals surface area contributed by atoms with Crippen LogP contribution in [0.4, 0.5) is 0 Å². The van der Waals surface area contributed by atoms with Crippen LogP contribution in [-0.2, 0) is 27.3 Å². The fourth-order valence-electron chi connectivity index (χ4n) is 4.37. The molecule has 0 radical (unpaired) electrons. The molecule has 196 valence electrons. The van der Waals surface area contributed by atoms with E-state index in [1.54, 1.807) is 7.11 Å². The van der Waals surface area contributed by atoms with Gasteiger partial charge in [-0.25, -0.2) is 0 Å². The number of amides is 1. The van der Waals surface area contributed by atoms with Crippen LogP contribution in [-0.4, -0.2) is 61.7 Å². The third-order valence-electron chi connectivity index (χ3n) is 6.55. The van der Waals surface area contributed by atoms with Crippen LogP contribution in [0.15, 0.2) is 54.6 Å². The van der Waals surface area contributed by atoms with E-state index in [1.807, 2.05) is 59.5 Å². The minimum absolute atomic E-state index is 0.0511. The van der Waals surface area contributed by atoms with Gasteiger partial charge in [0.05, 0.1) is 7.11 Å². The van der Waals surface area contributed by atoms with Crippen LogP contribution >= 0.6 is 0 Å². The van der Waals surface area contributed by atoms with E-state index in [2.05, 4.69) is 5.32 Å². The van der Waals surface area contributed by atoms with Gasteiger partial charge in [-0.1, -0.05) is 42.5 Å². The van der Waals surface area contributed by atoms with Gasteiger partial charge in [-0.2, -0.15) is 0 Å². The van der Waals surface area contributed by atoms with Crippen LogP contribution in [0.1, 0.15) is 43.2 Å². The number of esters is 1. The Morgan fingerprint density at radius 1 is 1.00 bits per heavy atom. The predicted octanol–water partition coefficient (Wildman–Crippen LogP) is 2.39. The Morgan fingerprint density at radius 3 is 2.44 bits per heavy atom. The van der Waals surface area contributed by atoms with Gasteiger partial charge in [-0.05, 0) is 55.4 Å². The number of rotatable bonds is 13. The molecule has 0 bridgehead atoms. The van der Waals surface area contributed by atoms with Crippen molar-refractivity contribution in [3.05, 3.63) is 65.7 Å². The minimum atomic E-state index is -0.872. The zero-order chi connectivity index (χ0) is 25.8. The van der Waals surface area contributed by atoms with Crippen molar-refractivity contribution in [1.82, 2.24) is 10.2 Å². The van der Waals surface area contributed by atoms with Gasteiger partial charge in [0.2, 0.25) is 5.91 Å². The van der Waals surface area contributed by atoms with Crippen molar-refractivity contribution in [1.29, 1.82) is 0 Å². The molecule has 3 rings (SSSR count). The highest BCUT2D eigenvalue weighted by atomic mass is 16.5. The van der Waals surface area contributed by atoms with E-state index in [1.165, 1.54) is 0 Å². The third-order valence-corrected chi connectivity index (χ3v) is 6.55. The molecule has 0 aliphatic carbocycles. The molecular weight excluding hydrogens is 456 g/mol. The number of ether oxygens (including phenoxy) is 2. The highest BCUT2D eigenvalue weighted by Crippen LogP contribution is 2.14. The van der Waals surface area contributed by atoms with Gasteiger partial charge in [-0.15, -0.1) is 0 Å². The molecule has 8 heteroatoms. The van der Waals surface area contributed by atoms with Gasteiger partial charge < -0.3 is 31.2 Å². The summed E-state index contributed by atoms with van der Waals surface area (Å²) in [5, 5.41) is 3.34. The van der Waals surface area contributed by atoms with E-state index >= 15 is 0 Å².